The molecule has 1 saturated carbocycles. The molecule has 1 heterocycles. The van der Waals surface area contributed by atoms with Crippen LogP contribution in [-0.4, -0.2) is 37.6 Å². The standard InChI is InChI=1S/C18H26N2O2/c1-3-20(13-14-4-6-15(22-2)7-5-14)17(21)16-12-18(16)8-10-19-11-9-18/h4-7,16,19H,3,8-13H2,1-2H3. The van der Waals surface area contributed by atoms with Gasteiger partial charge in [-0.2, -0.15) is 0 Å². The van der Waals surface area contributed by atoms with Crippen molar-refractivity contribution in [2.45, 2.75) is 32.7 Å². The zero-order valence-corrected chi connectivity index (χ0v) is 13.6. The van der Waals surface area contributed by atoms with Crippen LogP contribution in [0, 0.1) is 11.3 Å². The number of hydrogen-bond acceptors (Lipinski definition) is 3. The molecule has 1 unspecified atom stereocenters. The number of amides is 1. The summed E-state index contributed by atoms with van der Waals surface area (Å²) in [6.07, 6.45) is 3.40. The van der Waals surface area contributed by atoms with Gasteiger partial charge in [0, 0.05) is 19.0 Å². The van der Waals surface area contributed by atoms with Crippen LogP contribution in [0.1, 0.15) is 31.7 Å². The van der Waals surface area contributed by atoms with Crippen LogP contribution in [0.5, 0.6) is 5.75 Å². The fourth-order valence-corrected chi connectivity index (χ4v) is 3.69. The van der Waals surface area contributed by atoms with Crippen molar-refractivity contribution >= 4 is 5.91 Å². The van der Waals surface area contributed by atoms with Gasteiger partial charge in [-0.3, -0.25) is 4.79 Å². The average molecular weight is 302 g/mol. The lowest BCUT2D eigenvalue weighted by Crippen LogP contribution is -2.36. The van der Waals surface area contributed by atoms with Crippen molar-refractivity contribution in [1.82, 2.24) is 10.2 Å². The molecule has 1 aromatic carbocycles. The molecule has 1 amide bonds. The smallest absolute Gasteiger partial charge is 0.226 e. The van der Waals surface area contributed by atoms with E-state index in [-0.39, 0.29) is 5.92 Å². The normalized spacial score (nSPS) is 22.4. The summed E-state index contributed by atoms with van der Waals surface area (Å²) in [5, 5.41) is 3.40. The molecule has 0 bridgehead atoms. The van der Waals surface area contributed by atoms with E-state index in [0.29, 0.717) is 17.9 Å². The molecule has 1 saturated heterocycles. The minimum Gasteiger partial charge on any atom is -0.497 e. The van der Waals surface area contributed by atoms with Crippen molar-refractivity contribution in [3.05, 3.63) is 29.8 Å². The van der Waals surface area contributed by atoms with Crippen LogP contribution >= 0.6 is 0 Å². The van der Waals surface area contributed by atoms with E-state index in [0.717, 1.165) is 50.2 Å². The van der Waals surface area contributed by atoms with E-state index in [1.807, 2.05) is 29.2 Å². The van der Waals surface area contributed by atoms with E-state index < -0.39 is 0 Å². The van der Waals surface area contributed by atoms with Crippen molar-refractivity contribution in [3.8, 4) is 5.75 Å². The molecule has 4 nitrogen and oxygen atoms in total. The number of carbonyl (C=O) groups is 1. The zero-order chi connectivity index (χ0) is 15.6. The maximum absolute atomic E-state index is 12.8. The van der Waals surface area contributed by atoms with E-state index >= 15 is 0 Å². The van der Waals surface area contributed by atoms with E-state index in [9.17, 15) is 4.79 Å². The van der Waals surface area contributed by atoms with Gasteiger partial charge in [0.2, 0.25) is 5.91 Å². The van der Waals surface area contributed by atoms with Crippen LogP contribution < -0.4 is 10.1 Å². The second-order valence-electron chi connectivity index (χ2n) is 6.57. The predicted octanol–water partition coefficient (Wildman–Crippen LogP) is 2.43. The Morgan fingerprint density at radius 1 is 1.32 bits per heavy atom. The first-order valence-electron chi connectivity index (χ1n) is 8.31. The second kappa shape index (κ2) is 6.29. The lowest BCUT2D eigenvalue weighted by molar-refractivity contribution is -0.134. The summed E-state index contributed by atoms with van der Waals surface area (Å²) in [7, 11) is 1.67. The Hall–Kier alpha value is -1.55. The Balaban J connectivity index is 1.62. The largest absolute Gasteiger partial charge is 0.497 e. The Morgan fingerprint density at radius 3 is 2.59 bits per heavy atom. The van der Waals surface area contributed by atoms with Gasteiger partial charge in [0.1, 0.15) is 5.75 Å². The third-order valence-electron chi connectivity index (χ3n) is 5.31. The first-order valence-corrected chi connectivity index (χ1v) is 8.31. The summed E-state index contributed by atoms with van der Waals surface area (Å²) in [5.41, 5.74) is 1.48. The Labute approximate surface area is 132 Å². The predicted molar refractivity (Wildman–Crippen MR) is 86.7 cm³/mol. The molecule has 120 valence electrons. The van der Waals surface area contributed by atoms with Gasteiger partial charge in [0.05, 0.1) is 7.11 Å². The van der Waals surface area contributed by atoms with Gasteiger partial charge in [-0.1, -0.05) is 12.1 Å². The van der Waals surface area contributed by atoms with Gasteiger partial charge in [0.25, 0.3) is 0 Å². The van der Waals surface area contributed by atoms with E-state index in [4.69, 9.17) is 4.74 Å². The number of ether oxygens (including phenoxy) is 1. The average Bonchev–Trinajstić information content (AvgIpc) is 3.26. The van der Waals surface area contributed by atoms with Gasteiger partial charge < -0.3 is 15.0 Å². The molecule has 0 radical (unpaired) electrons. The molecule has 1 aliphatic heterocycles. The summed E-state index contributed by atoms with van der Waals surface area (Å²) >= 11 is 0. The molecule has 1 spiro atoms. The summed E-state index contributed by atoms with van der Waals surface area (Å²) < 4.78 is 5.18. The van der Waals surface area contributed by atoms with Crippen molar-refractivity contribution < 1.29 is 9.53 Å². The maximum atomic E-state index is 12.8. The minimum atomic E-state index is 0.257. The molecular formula is C18H26N2O2. The number of carbonyl (C=O) groups excluding carboxylic acids is 1. The molecule has 3 rings (SSSR count). The van der Waals surface area contributed by atoms with Gasteiger partial charge in [-0.05, 0) is 62.4 Å². The second-order valence-corrected chi connectivity index (χ2v) is 6.57. The molecule has 4 heteroatoms. The van der Waals surface area contributed by atoms with E-state index in [2.05, 4.69) is 12.2 Å². The van der Waals surface area contributed by atoms with Gasteiger partial charge >= 0.3 is 0 Å². The highest BCUT2D eigenvalue weighted by Gasteiger charge is 2.58. The van der Waals surface area contributed by atoms with Crippen LogP contribution in [-0.2, 0) is 11.3 Å². The van der Waals surface area contributed by atoms with Crippen LogP contribution in [0.2, 0.25) is 0 Å². The Bertz CT molecular complexity index is 520. The van der Waals surface area contributed by atoms with Crippen LogP contribution in [0.25, 0.3) is 0 Å². The minimum absolute atomic E-state index is 0.257. The van der Waals surface area contributed by atoms with Gasteiger partial charge in [0.15, 0.2) is 0 Å². The quantitative estimate of drug-likeness (QED) is 0.908. The van der Waals surface area contributed by atoms with Crippen molar-refractivity contribution in [1.29, 1.82) is 0 Å². The number of piperidine rings is 1. The SMILES string of the molecule is CCN(Cc1ccc(OC)cc1)C(=O)C1CC12CCNCC2. The topological polar surface area (TPSA) is 41.6 Å². The first kappa shape index (κ1) is 15.3. The summed E-state index contributed by atoms with van der Waals surface area (Å²) in [6, 6.07) is 8.00. The van der Waals surface area contributed by atoms with Crippen LogP contribution in [0.3, 0.4) is 0 Å². The zero-order valence-electron chi connectivity index (χ0n) is 13.6. The van der Waals surface area contributed by atoms with Crippen LogP contribution in [0.15, 0.2) is 24.3 Å². The van der Waals surface area contributed by atoms with Gasteiger partial charge in [-0.15, -0.1) is 0 Å². The van der Waals surface area contributed by atoms with Crippen molar-refractivity contribution in [3.63, 3.8) is 0 Å². The number of nitrogens with one attached hydrogen (secondary N) is 1. The molecule has 0 aromatic heterocycles. The summed E-state index contributed by atoms with van der Waals surface area (Å²) in [4.78, 5) is 14.8. The highest BCUT2D eigenvalue weighted by Crippen LogP contribution is 2.59. The Morgan fingerprint density at radius 2 is 2.00 bits per heavy atom. The van der Waals surface area contributed by atoms with Crippen LogP contribution in [0.4, 0.5) is 0 Å². The lowest BCUT2D eigenvalue weighted by Gasteiger charge is -2.26. The highest BCUT2D eigenvalue weighted by atomic mass is 16.5. The van der Waals surface area contributed by atoms with Crippen molar-refractivity contribution in [2.75, 3.05) is 26.7 Å². The molecule has 1 N–H and O–H groups in total. The third-order valence-corrected chi connectivity index (χ3v) is 5.31. The molecule has 22 heavy (non-hydrogen) atoms. The maximum Gasteiger partial charge on any atom is 0.226 e. The number of rotatable bonds is 5. The number of methoxy groups -OCH3 is 1. The fraction of sp³-hybridized carbons (Fsp3) is 0.611. The van der Waals surface area contributed by atoms with E-state index in [1.54, 1.807) is 7.11 Å². The van der Waals surface area contributed by atoms with Crippen molar-refractivity contribution in [2.24, 2.45) is 11.3 Å². The molecule has 2 aliphatic rings. The Kier molecular flexibility index (Phi) is 4.39. The number of benzene rings is 1. The number of hydrogen-bond donors (Lipinski definition) is 1. The molecule has 1 aliphatic carbocycles. The summed E-state index contributed by atoms with van der Waals surface area (Å²) in [6.45, 7) is 5.67. The first-order chi connectivity index (χ1) is 10.7. The third kappa shape index (κ3) is 2.98. The van der Waals surface area contributed by atoms with E-state index in [1.165, 1.54) is 0 Å². The molecule has 1 aromatic rings. The number of nitrogens with zero attached hydrogens (tertiary/aromatic N) is 1. The molecule has 1 atom stereocenters. The molecule has 2 fully saturated rings. The monoisotopic (exact) mass is 302 g/mol. The lowest BCUT2D eigenvalue weighted by atomic mass is 9.91. The molecular weight excluding hydrogens is 276 g/mol. The highest BCUT2D eigenvalue weighted by molar-refractivity contribution is 5.82. The fourth-order valence-electron chi connectivity index (χ4n) is 3.69. The van der Waals surface area contributed by atoms with Gasteiger partial charge in [-0.25, -0.2) is 0 Å². The summed E-state index contributed by atoms with van der Waals surface area (Å²) in [5.74, 6) is 1.46.